The molecule has 5 aromatic rings. The molecule has 7 nitrogen and oxygen atoms in total. The molecule has 0 saturated heterocycles. The van der Waals surface area contributed by atoms with E-state index in [0.29, 0.717) is 57.8 Å². The van der Waals surface area contributed by atoms with Crippen molar-refractivity contribution in [3.05, 3.63) is 101 Å². The molecule has 0 unspecified atom stereocenters. The molecule has 0 aliphatic carbocycles. The third kappa shape index (κ3) is 5.56. The van der Waals surface area contributed by atoms with E-state index in [-0.39, 0.29) is 11.7 Å². The molecular formula is C30H26ClFN4O3. The van der Waals surface area contributed by atoms with Gasteiger partial charge in [-0.05, 0) is 66.6 Å². The van der Waals surface area contributed by atoms with Gasteiger partial charge in [-0.2, -0.15) is 5.10 Å². The number of methoxy groups -OCH3 is 2. The number of carbonyl (C=O) groups excluding carboxylic acids is 1. The number of amides is 1. The van der Waals surface area contributed by atoms with Crippen molar-refractivity contribution in [3.8, 4) is 34.0 Å². The minimum atomic E-state index is -0.347. The van der Waals surface area contributed by atoms with Crippen LogP contribution < -0.4 is 9.47 Å². The fraction of sp³-hybridized carbons (Fsp3) is 0.167. The van der Waals surface area contributed by atoms with Crippen LogP contribution in [0.4, 0.5) is 4.39 Å². The summed E-state index contributed by atoms with van der Waals surface area (Å²) in [7, 11) is 4.93. The third-order valence-electron chi connectivity index (χ3n) is 6.46. The lowest BCUT2D eigenvalue weighted by atomic mass is 10.1. The highest BCUT2D eigenvalue weighted by Gasteiger charge is 2.20. The number of likely N-dealkylation sites (N-methyl/N-ethyl adjacent to an activating group) is 1. The fourth-order valence-corrected chi connectivity index (χ4v) is 4.41. The minimum absolute atomic E-state index is 0.225. The van der Waals surface area contributed by atoms with Crippen molar-refractivity contribution in [1.82, 2.24) is 19.5 Å². The number of aromatic nitrogens is 3. The van der Waals surface area contributed by atoms with Crippen LogP contribution in [0, 0.1) is 5.82 Å². The largest absolute Gasteiger partial charge is 0.493 e. The molecule has 5 rings (SSSR count). The molecule has 0 aliphatic heterocycles. The molecule has 0 atom stereocenters. The first-order valence-electron chi connectivity index (χ1n) is 12.3. The van der Waals surface area contributed by atoms with Crippen LogP contribution >= 0.6 is 11.6 Å². The predicted octanol–water partition coefficient (Wildman–Crippen LogP) is 6.19. The van der Waals surface area contributed by atoms with Crippen LogP contribution in [0.15, 0.2) is 78.9 Å². The van der Waals surface area contributed by atoms with E-state index < -0.39 is 0 Å². The van der Waals surface area contributed by atoms with Gasteiger partial charge in [-0.25, -0.2) is 13.9 Å². The molecule has 0 bridgehead atoms. The Hall–Kier alpha value is -4.43. The maximum atomic E-state index is 13.7. The van der Waals surface area contributed by atoms with E-state index in [4.69, 9.17) is 31.2 Å². The van der Waals surface area contributed by atoms with Crippen molar-refractivity contribution in [2.45, 2.75) is 6.42 Å². The van der Waals surface area contributed by atoms with E-state index in [9.17, 15) is 9.18 Å². The molecule has 0 fully saturated rings. The fourth-order valence-electron chi connectivity index (χ4n) is 4.29. The number of carbonyl (C=O) groups is 1. The lowest BCUT2D eigenvalue weighted by Gasteiger charge is -2.18. The minimum Gasteiger partial charge on any atom is -0.493 e. The SMILES string of the molecule is COc1ccc(CCN(C)C(=O)c2cc(-c3ccc(F)cc3)nc3cc(-c4ccc(Cl)cc4)nn23)cc1OC. The van der Waals surface area contributed by atoms with Gasteiger partial charge < -0.3 is 14.4 Å². The number of hydrogen-bond donors (Lipinski definition) is 0. The van der Waals surface area contributed by atoms with Gasteiger partial charge in [-0.3, -0.25) is 4.79 Å². The summed E-state index contributed by atoms with van der Waals surface area (Å²) in [6.45, 7) is 0.454. The monoisotopic (exact) mass is 544 g/mol. The molecule has 0 radical (unpaired) electrons. The quantitative estimate of drug-likeness (QED) is 0.233. The Kier molecular flexibility index (Phi) is 7.47. The van der Waals surface area contributed by atoms with Crippen molar-refractivity contribution in [1.29, 1.82) is 0 Å². The van der Waals surface area contributed by atoms with Crippen LogP contribution in [-0.2, 0) is 6.42 Å². The Labute approximate surface area is 230 Å². The molecule has 0 saturated carbocycles. The Bertz CT molecular complexity index is 1640. The van der Waals surface area contributed by atoms with Crippen LogP contribution in [0.25, 0.3) is 28.2 Å². The number of nitrogens with zero attached hydrogens (tertiary/aromatic N) is 4. The summed E-state index contributed by atoms with van der Waals surface area (Å²) in [4.78, 5) is 20.1. The lowest BCUT2D eigenvalue weighted by Crippen LogP contribution is -2.30. The second-order valence-corrected chi connectivity index (χ2v) is 9.44. The first kappa shape index (κ1) is 26.2. The first-order chi connectivity index (χ1) is 18.9. The molecule has 0 aliphatic rings. The molecule has 3 aromatic carbocycles. The smallest absolute Gasteiger partial charge is 0.272 e. The topological polar surface area (TPSA) is 69.0 Å². The first-order valence-corrected chi connectivity index (χ1v) is 12.6. The third-order valence-corrected chi connectivity index (χ3v) is 6.71. The Morgan fingerprint density at radius 3 is 2.26 bits per heavy atom. The van der Waals surface area contributed by atoms with Gasteiger partial charge in [0.1, 0.15) is 11.5 Å². The van der Waals surface area contributed by atoms with E-state index in [2.05, 4.69) is 0 Å². The molecule has 2 heterocycles. The maximum Gasteiger partial charge on any atom is 0.272 e. The van der Waals surface area contributed by atoms with Crippen molar-refractivity contribution in [2.24, 2.45) is 0 Å². The van der Waals surface area contributed by atoms with E-state index in [1.807, 2.05) is 36.4 Å². The summed E-state index contributed by atoms with van der Waals surface area (Å²) >= 11 is 6.06. The molecule has 9 heteroatoms. The highest BCUT2D eigenvalue weighted by molar-refractivity contribution is 6.30. The van der Waals surface area contributed by atoms with Crippen molar-refractivity contribution < 1.29 is 18.7 Å². The number of ether oxygens (including phenoxy) is 2. The van der Waals surface area contributed by atoms with Crippen molar-refractivity contribution in [3.63, 3.8) is 0 Å². The maximum absolute atomic E-state index is 13.7. The second kappa shape index (κ2) is 11.1. The molecule has 0 spiro atoms. The van der Waals surface area contributed by atoms with Gasteiger partial charge in [-0.1, -0.05) is 29.8 Å². The van der Waals surface area contributed by atoms with Crippen LogP contribution in [0.2, 0.25) is 5.02 Å². The van der Waals surface area contributed by atoms with Crippen LogP contribution in [-0.4, -0.2) is 53.2 Å². The average Bonchev–Trinajstić information content (AvgIpc) is 3.40. The number of fused-ring (bicyclic) bond motifs is 1. The Morgan fingerprint density at radius 2 is 1.56 bits per heavy atom. The van der Waals surface area contributed by atoms with E-state index in [0.717, 1.165) is 11.1 Å². The number of halogens is 2. The van der Waals surface area contributed by atoms with Crippen LogP contribution in [0.1, 0.15) is 16.1 Å². The predicted molar refractivity (Wildman–Crippen MR) is 149 cm³/mol. The summed E-state index contributed by atoms with van der Waals surface area (Å²) in [5.41, 5.74) is 4.57. The number of hydrogen-bond acceptors (Lipinski definition) is 5. The summed E-state index contributed by atoms with van der Waals surface area (Å²) in [5.74, 6) is 0.709. The zero-order valence-electron chi connectivity index (χ0n) is 21.7. The highest BCUT2D eigenvalue weighted by Crippen LogP contribution is 2.28. The van der Waals surface area contributed by atoms with Crippen molar-refractivity contribution >= 4 is 23.2 Å². The molecule has 1 amide bonds. The van der Waals surface area contributed by atoms with Crippen LogP contribution in [0.3, 0.4) is 0 Å². The zero-order valence-corrected chi connectivity index (χ0v) is 22.4. The highest BCUT2D eigenvalue weighted by atomic mass is 35.5. The van der Waals surface area contributed by atoms with Gasteiger partial charge in [0.25, 0.3) is 5.91 Å². The van der Waals surface area contributed by atoms with Gasteiger partial charge in [0.2, 0.25) is 0 Å². The van der Waals surface area contributed by atoms with Crippen LogP contribution in [0.5, 0.6) is 11.5 Å². The summed E-state index contributed by atoms with van der Waals surface area (Å²) in [5, 5.41) is 5.32. The summed E-state index contributed by atoms with van der Waals surface area (Å²) in [6, 6.07) is 22.5. The van der Waals surface area contributed by atoms with Crippen molar-refractivity contribution in [2.75, 3.05) is 27.8 Å². The molecule has 39 heavy (non-hydrogen) atoms. The van der Waals surface area contributed by atoms with Gasteiger partial charge in [0.05, 0.1) is 25.6 Å². The lowest BCUT2D eigenvalue weighted by molar-refractivity contribution is 0.0788. The average molecular weight is 545 g/mol. The molecular weight excluding hydrogens is 519 g/mol. The standard InChI is InChI=1S/C30H26ClFN4O3/c1-35(15-14-19-4-13-27(38-2)28(16-19)39-3)30(37)26-17-24(20-7-11-23(32)12-8-20)33-29-18-25(34-36(26)29)21-5-9-22(31)10-6-21/h4-13,16-18H,14-15H2,1-3H3. The van der Waals surface area contributed by atoms with Gasteiger partial charge in [0.15, 0.2) is 17.1 Å². The zero-order chi connectivity index (χ0) is 27.5. The summed E-state index contributed by atoms with van der Waals surface area (Å²) < 4.78 is 25.8. The Morgan fingerprint density at radius 1 is 0.897 bits per heavy atom. The summed E-state index contributed by atoms with van der Waals surface area (Å²) in [6.07, 6.45) is 0.608. The molecule has 198 valence electrons. The van der Waals surface area contributed by atoms with E-state index in [1.54, 1.807) is 61.0 Å². The van der Waals surface area contributed by atoms with E-state index >= 15 is 0 Å². The van der Waals surface area contributed by atoms with Gasteiger partial charge in [0, 0.05) is 35.8 Å². The van der Waals surface area contributed by atoms with E-state index in [1.165, 1.54) is 12.1 Å². The second-order valence-electron chi connectivity index (χ2n) is 9.01. The van der Waals surface area contributed by atoms with Gasteiger partial charge >= 0.3 is 0 Å². The number of benzene rings is 3. The van der Waals surface area contributed by atoms with Gasteiger partial charge in [-0.15, -0.1) is 0 Å². The normalized spacial score (nSPS) is 11.0. The Balaban J connectivity index is 1.49. The number of rotatable bonds is 8. The molecule has 2 aromatic heterocycles. The molecule has 0 N–H and O–H groups in total.